The molecule has 1 rings (SSSR count). The molecule has 0 aliphatic carbocycles. The molecule has 0 bridgehead atoms. The molecule has 0 saturated heterocycles. The molecule has 0 aliphatic heterocycles. The second kappa shape index (κ2) is 5.99. The van der Waals surface area contributed by atoms with Crippen molar-refractivity contribution in [2.45, 2.75) is 40.5 Å². The number of carbonyl (C=O) groups is 1. The number of hydrogen-bond acceptors (Lipinski definition) is 4. The zero-order valence-electron chi connectivity index (χ0n) is 12.7. The number of rotatable bonds is 5. The summed E-state index contributed by atoms with van der Waals surface area (Å²) in [6, 6.07) is 1.99. The topological polar surface area (TPSA) is 66.9 Å². The van der Waals surface area contributed by atoms with E-state index in [1.54, 1.807) is 7.05 Å². The monoisotopic (exact) mass is 264 g/mol. The molecule has 19 heavy (non-hydrogen) atoms. The van der Waals surface area contributed by atoms with Gasteiger partial charge in [-0.2, -0.15) is 0 Å². The van der Waals surface area contributed by atoms with Gasteiger partial charge in [0, 0.05) is 25.0 Å². The maximum absolute atomic E-state index is 11.7. The summed E-state index contributed by atoms with van der Waals surface area (Å²) >= 11 is 0. The smallest absolute Gasteiger partial charge is 0.227 e. The van der Waals surface area contributed by atoms with Gasteiger partial charge >= 0.3 is 0 Å². The van der Waals surface area contributed by atoms with Crippen molar-refractivity contribution in [1.29, 1.82) is 0 Å². The molecule has 5 heteroatoms. The van der Waals surface area contributed by atoms with E-state index in [0.29, 0.717) is 18.4 Å². The van der Waals surface area contributed by atoms with Crippen molar-refractivity contribution >= 4 is 11.9 Å². The minimum atomic E-state index is -0.500. The molecule has 0 saturated carbocycles. The van der Waals surface area contributed by atoms with Gasteiger partial charge in [0.15, 0.2) is 0 Å². The fourth-order valence-corrected chi connectivity index (χ4v) is 1.69. The van der Waals surface area contributed by atoms with Crippen LogP contribution in [0, 0.1) is 12.3 Å². The number of anilines is 1. The highest BCUT2D eigenvalue weighted by molar-refractivity contribution is 5.82. The largest absolute Gasteiger partial charge is 0.359 e. The predicted octanol–water partition coefficient (Wildman–Crippen LogP) is 2.09. The van der Waals surface area contributed by atoms with Crippen LogP contribution >= 0.6 is 0 Å². The molecule has 2 N–H and O–H groups in total. The van der Waals surface area contributed by atoms with Gasteiger partial charge in [0.2, 0.25) is 11.9 Å². The molecule has 1 heterocycles. The van der Waals surface area contributed by atoms with Crippen LogP contribution in [-0.4, -0.2) is 29.5 Å². The molecule has 0 fully saturated rings. The number of nitrogens with one attached hydrogen (secondary N) is 2. The highest BCUT2D eigenvalue weighted by atomic mass is 16.2. The maximum atomic E-state index is 11.7. The standard InChI is InChI=1S/C14H24N4O/c1-9(2)11-7-10(3)17-13(18-11)16-8-14(4,5)12(19)15-6/h7,9H,8H2,1-6H3,(H,15,19)(H,16,17,18). The van der Waals surface area contributed by atoms with Crippen molar-refractivity contribution in [3.63, 3.8) is 0 Å². The Bertz CT molecular complexity index is 455. The Morgan fingerprint density at radius 3 is 2.53 bits per heavy atom. The van der Waals surface area contributed by atoms with Crippen LogP contribution < -0.4 is 10.6 Å². The van der Waals surface area contributed by atoms with Crippen molar-refractivity contribution in [2.75, 3.05) is 18.9 Å². The Labute approximate surface area is 115 Å². The summed E-state index contributed by atoms with van der Waals surface area (Å²) in [4.78, 5) is 20.5. The Kier molecular flexibility index (Phi) is 4.86. The van der Waals surface area contributed by atoms with E-state index in [0.717, 1.165) is 11.4 Å². The Morgan fingerprint density at radius 1 is 1.37 bits per heavy atom. The van der Waals surface area contributed by atoms with Gasteiger partial charge in [-0.15, -0.1) is 0 Å². The van der Waals surface area contributed by atoms with Crippen LogP contribution in [0.15, 0.2) is 6.07 Å². The highest BCUT2D eigenvalue weighted by Crippen LogP contribution is 2.18. The quantitative estimate of drug-likeness (QED) is 0.854. The third-order valence-electron chi connectivity index (χ3n) is 3.00. The van der Waals surface area contributed by atoms with E-state index in [-0.39, 0.29) is 5.91 Å². The van der Waals surface area contributed by atoms with Crippen LogP contribution in [0.1, 0.15) is 45.0 Å². The number of nitrogens with zero attached hydrogens (tertiary/aromatic N) is 2. The number of amides is 1. The maximum Gasteiger partial charge on any atom is 0.227 e. The minimum absolute atomic E-state index is 0.00302. The first-order valence-corrected chi connectivity index (χ1v) is 6.58. The molecular weight excluding hydrogens is 240 g/mol. The molecule has 5 nitrogen and oxygen atoms in total. The molecule has 0 atom stereocenters. The van der Waals surface area contributed by atoms with E-state index in [1.165, 1.54) is 0 Å². The Morgan fingerprint density at radius 2 is 2.00 bits per heavy atom. The first kappa shape index (κ1) is 15.4. The SMILES string of the molecule is CNC(=O)C(C)(C)CNc1nc(C)cc(C(C)C)n1. The molecule has 1 aromatic heterocycles. The van der Waals surface area contributed by atoms with Crippen molar-refractivity contribution in [3.05, 3.63) is 17.5 Å². The van der Waals surface area contributed by atoms with Crippen LogP contribution in [0.25, 0.3) is 0 Å². The summed E-state index contributed by atoms with van der Waals surface area (Å²) in [5.41, 5.74) is 1.44. The van der Waals surface area contributed by atoms with E-state index in [9.17, 15) is 4.79 Å². The van der Waals surface area contributed by atoms with Crippen LogP contribution in [-0.2, 0) is 4.79 Å². The van der Waals surface area contributed by atoms with Crippen LogP contribution in [0.2, 0.25) is 0 Å². The molecule has 1 aromatic rings. The fraction of sp³-hybridized carbons (Fsp3) is 0.643. The average molecular weight is 264 g/mol. The molecule has 1 amide bonds. The van der Waals surface area contributed by atoms with Gasteiger partial charge in [0.25, 0.3) is 0 Å². The number of aromatic nitrogens is 2. The van der Waals surface area contributed by atoms with Gasteiger partial charge in [-0.3, -0.25) is 4.79 Å². The van der Waals surface area contributed by atoms with Gasteiger partial charge in [0.1, 0.15) is 0 Å². The first-order valence-electron chi connectivity index (χ1n) is 6.58. The zero-order chi connectivity index (χ0) is 14.6. The Hall–Kier alpha value is -1.65. The van der Waals surface area contributed by atoms with Gasteiger partial charge in [-0.05, 0) is 32.8 Å². The minimum Gasteiger partial charge on any atom is -0.359 e. The van der Waals surface area contributed by atoms with Crippen molar-refractivity contribution in [2.24, 2.45) is 5.41 Å². The van der Waals surface area contributed by atoms with Crippen LogP contribution in [0.4, 0.5) is 5.95 Å². The van der Waals surface area contributed by atoms with E-state index in [1.807, 2.05) is 26.8 Å². The van der Waals surface area contributed by atoms with Crippen molar-refractivity contribution in [1.82, 2.24) is 15.3 Å². The summed E-state index contributed by atoms with van der Waals surface area (Å²) in [5.74, 6) is 0.937. The lowest BCUT2D eigenvalue weighted by Crippen LogP contribution is -2.39. The first-order chi connectivity index (χ1) is 8.76. The van der Waals surface area contributed by atoms with Crippen molar-refractivity contribution < 1.29 is 4.79 Å². The van der Waals surface area contributed by atoms with E-state index in [4.69, 9.17) is 0 Å². The summed E-state index contributed by atoms with van der Waals surface area (Å²) in [6.07, 6.45) is 0. The van der Waals surface area contributed by atoms with E-state index < -0.39 is 5.41 Å². The summed E-state index contributed by atoms with van der Waals surface area (Å²) in [5, 5.41) is 5.82. The summed E-state index contributed by atoms with van der Waals surface area (Å²) < 4.78 is 0. The van der Waals surface area contributed by atoms with Gasteiger partial charge < -0.3 is 10.6 Å². The predicted molar refractivity (Wildman–Crippen MR) is 77.2 cm³/mol. The van der Waals surface area contributed by atoms with Gasteiger partial charge in [-0.25, -0.2) is 9.97 Å². The third-order valence-corrected chi connectivity index (χ3v) is 3.00. The number of carbonyl (C=O) groups excluding carboxylic acids is 1. The normalized spacial score (nSPS) is 11.5. The average Bonchev–Trinajstić information content (AvgIpc) is 2.34. The summed E-state index contributed by atoms with van der Waals surface area (Å²) in [6.45, 7) is 10.4. The lowest BCUT2D eigenvalue weighted by Gasteiger charge is -2.23. The van der Waals surface area contributed by atoms with Crippen molar-refractivity contribution in [3.8, 4) is 0 Å². The molecule has 0 spiro atoms. The summed E-state index contributed by atoms with van der Waals surface area (Å²) in [7, 11) is 1.64. The number of aryl methyl sites for hydroxylation is 1. The second-order valence-corrected chi connectivity index (χ2v) is 5.73. The van der Waals surface area contributed by atoms with E-state index in [2.05, 4.69) is 34.4 Å². The third kappa shape index (κ3) is 4.19. The molecule has 0 radical (unpaired) electrons. The van der Waals surface area contributed by atoms with Crippen LogP contribution in [0.5, 0.6) is 0 Å². The number of hydrogen-bond donors (Lipinski definition) is 2. The molecule has 0 aromatic carbocycles. The lowest BCUT2D eigenvalue weighted by molar-refractivity contribution is -0.128. The zero-order valence-corrected chi connectivity index (χ0v) is 12.7. The van der Waals surface area contributed by atoms with E-state index >= 15 is 0 Å². The van der Waals surface area contributed by atoms with Gasteiger partial charge in [0.05, 0.1) is 5.41 Å². The fourth-order valence-electron chi connectivity index (χ4n) is 1.69. The van der Waals surface area contributed by atoms with Crippen LogP contribution in [0.3, 0.4) is 0 Å². The highest BCUT2D eigenvalue weighted by Gasteiger charge is 2.26. The second-order valence-electron chi connectivity index (χ2n) is 5.73. The molecule has 0 aliphatic rings. The Balaban J connectivity index is 2.81. The molecule has 106 valence electrons. The molecular formula is C14H24N4O. The molecule has 0 unspecified atom stereocenters. The lowest BCUT2D eigenvalue weighted by atomic mass is 9.92. The van der Waals surface area contributed by atoms with Gasteiger partial charge in [-0.1, -0.05) is 13.8 Å².